The summed E-state index contributed by atoms with van der Waals surface area (Å²) in [5.41, 5.74) is 8.17. The van der Waals surface area contributed by atoms with Gasteiger partial charge in [-0.05, 0) is 47.9 Å². The van der Waals surface area contributed by atoms with Crippen LogP contribution in [0.25, 0.3) is 0 Å². The van der Waals surface area contributed by atoms with E-state index >= 15 is 0 Å². The van der Waals surface area contributed by atoms with Crippen molar-refractivity contribution in [3.8, 4) is 11.5 Å². The standard InChI is InChI=1S/2C20H18O.2C4H10O2.2Na/c2*21-20-18(14-16-8-3-1-4-9-16)12-7-13-19(20)15-17-10-5-2-6-11-17;2*1-5-3-4-6-2;;/h2*1-13,21H,14-15H2;2*3-4H2,1-2H3;;/q;;;;2*+1/p-2. The normalized spacial score (nSPS) is 9.79. The van der Waals surface area contributed by atoms with Crippen molar-refractivity contribution in [2.45, 2.75) is 25.7 Å². The van der Waals surface area contributed by atoms with Crippen molar-refractivity contribution >= 4 is 0 Å². The summed E-state index contributed by atoms with van der Waals surface area (Å²) in [4.78, 5) is 0. The predicted molar refractivity (Wildman–Crippen MR) is 216 cm³/mol. The van der Waals surface area contributed by atoms with Gasteiger partial charge in [-0.25, -0.2) is 0 Å². The van der Waals surface area contributed by atoms with Crippen molar-refractivity contribution in [2.24, 2.45) is 0 Å². The van der Waals surface area contributed by atoms with Gasteiger partial charge in [0.15, 0.2) is 0 Å². The molecule has 0 radical (unpaired) electrons. The van der Waals surface area contributed by atoms with Crippen molar-refractivity contribution in [1.82, 2.24) is 0 Å². The first-order valence-electron chi connectivity index (χ1n) is 18.2. The van der Waals surface area contributed by atoms with E-state index < -0.39 is 0 Å². The Morgan fingerprint density at radius 3 is 0.679 bits per heavy atom. The SMILES string of the molecule is COCCOC.COCCOC.[Na+].[Na+].[O-]c1c(Cc2ccccc2)cccc1Cc1ccccc1.[O-]c1c(Cc2ccccc2)cccc1Cc1ccccc1. The number of ether oxygens (including phenoxy) is 4. The van der Waals surface area contributed by atoms with Gasteiger partial charge in [0.05, 0.1) is 26.4 Å². The fourth-order valence-corrected chi connectivity index (χ4v) is 5.43. The monoisotopic (exact) mass is 772 g/mol. The van der Waals surface area contributed by atoms with Gasteiger partial charge >= 0.3 is 59.1 Å². The van der Waals surface area contributed by atoms with Crippen LogP contribution in [0.3, 0.4) is 0 Å². The Labute approximate surface area is 379 Å². The second-order valence-corrected chi connectivity index (χ2v) is 12.4. The van der Waals surface area contributed by atoms with Crippen LogP contribution < -0.4 is 69.3 Å². The van der Waals surface area contributed by atoms with Crippen LogP contribution in [0.5, 0.6) is 11.5 Å². The molecule has 0 saturated carbocycles. The second kappa shape index (κ2) is 31.8. The van der Waals surface area contributed by atoms with Crippen LogP contribution in [0.1, 0.15) is 44.5 Å². The predicted octanol–water partition coefficient (Wildman–Crippen LogP) is 2.45. The number of hydrogen-bond donors (Lipinski definition) is 0. The molecule has 6 aromatic carbocycles. The molecule has 0 spiro atoms. The summed E-state index contributed by atoms with van der Waals surface area (Å²) in [5, 5.41) is 25.2. The van der Waals surface area contributed by atoms with Crippen molar-refractivity contribution in [3.05, 3.63) is 202 Å². The topological polar surface area (TPSA) is 83.0 Å². The molecule has 0 atom stereocenters. The number of rotatable bonds is 14. The molecule has 6 nitrogen and oxygen atoms in total. The van der Waals surface area contributed by atoms with Gasteiger partial charge in [-0.1, -0.05) is 180 Å². The maximum atomic E-state index is 12.6. The van der Waals surface area contributed by atoms with E-state index in [4.69, 9.17) is 0 Å². The zero-order valence-electron chi connectivity index (χ0n) is 34.1. The van der Waals surface area contributed by atoms with Crippen molar-refractivity contribution in [2.75, 3.05) is 54.9 Å². The summed E-state index contributed by atoms with van der Waals surface area (Å²) < 4.78 is 18.6. The van der Waals surface area contributed by atoms with E-state index in [0.717, 1.165) is 22.3 Å². The smallest absolute Gasteiger partial charge is 0.872 e. The third-order valence-corrected chi connectivity index (χ3v) is 8.29. The third kappa shape index (κ3) is 20.3. The average Bonchev–Trinajstić information content (AvgIpc) is 3.22. The molecule has 0 aliphatic heterocycles. The number of benzene rings is 6. The molecule has 0 aromatic heterocycles. The van der Waals surface area contributed by atoms with Crippen LogP contribution in [0.4, 0.5) is 0 Å². The van der Waals surface area contributed by atoms with Gasteiger partial charge in [-0.3, -0.25) is 0 Å². The molecule has 6 aromatic rings. The van der Waals surface area contributed by atoms with Crippen LogP contribution in [0, 0.1) is 0 Å². The molecule has 0 aliphatic rings. The average molecular weight is 773 g/mol. The summed E-state index contributed by atoms with van der Waals surface area (Å²) >= 11 is 0. The van der Waals surface area contributed by atoms with Crippen molar-refractivity contribution in [3.63, 3.8) is 0 Å². The minimum absolute atomic E-state index is 0. The third-order valence-electron chi connectivity index (χ3n) is 8.29. The molecule has 0 fully saturated rings. The van der Waals surface area contributed by atoms with E-state index in [1.54, 1.807) is 28.4 Å². The summed E-state index contributed by atoms with van der Waals surface area (Å²) in [6.45, 7) is 2.76. The van der Waals surface area contributed by atoms with Gasteiger partial charge in [0, 0.05) is 28.4 Å². The summed E-state index contributed by atoms with van der Waals surface area (Å²) in [5.74, 6) is 0.343. The molecule has 0 N–H and O–H groups in total. The minimum atomic E-state index is 0. The van der Waals surface area contributed by atoms with Crippen molar-refractivity contribution in [1.29, 1.82) is 0 Å². The van der Waals surface area contributed by atoms with E-state index in [1.165, 1.54) is 22.3 Å². The molecule has 56 heavy (non-hydrogen) atoms. The number of para-hydroxylation sites is 2. The van der Waals surface area contributed by atoms with E-state index in [-0.39, 0.29) is 70.6 Å². The first-order chi connectivity index (χ1) is 26.5. The zero-order valence-corrected chi connectivity index (χ0v) is 38.1. The second-order valence-electron chi connectivity index (χ2n) is 12.4. The molecule has 0 heterocycles. The van der Waals surface area contributed by atoms with E-state index in [9.17, 15) is 10.2 Å². The van der Waals surface area contributed by atoms with Gasteiger partial charge in [-0.2, -0.15) is 0 Å². The fraction of sp³-hybridized carbons (Fsp3) is 0.250. The quantitative estimate of drug-likeness (QED) is 0.125. The Kier molecular flexibility index (Phi) is 28.8. The summed E-state index contributed by atoms with van der Waals surface area (Å²) in [7, 11) is 6.61. The molecular formula is C48H54Na2O6. The Balaban J connectivity index is 0.000000424. The molecule has 8 heteroatoms. The molecule has 0 bridgehead atoms. The molecule has 0 amide bonds. The molecule has 0 unspecified atom stereocenters. The fourth-order valence-electron chi connectivity index (χ4n) is 5.43. The summed E-state index contributed by atoms with van der Waals surface area (Å²) in [6.07, 6.45) is 2.79. The molecule has 0 aliphatic carbocycles. The van der Waals surface area contributed by atoms with Crippen LogP contribution in [-0.2, 0) is 44.6 Å². The van der Waals surface area contributed by atoms with Crippen LogP contribution in [0.2, 0.25) is 0 Å². The Bertz CT molecular complexity index is 1560. The Morgan fingerprint density at radius 2 is 0.500 bits per heavy atom. The number of methoxy groups -OCH3 is 4. The first-order valence-corrected chi connectivity index (χ1v) is 18.2. The van der Waals surface area contributed by atoms with Gasteiger partial charge < -0.3 is 29.2 Å². The summed E-state index contributed by atoms with van der Waals surface area (Å²) in [6, 6.07) is 52.2. The molecule has 0 saturated heterocycles. The minimum Gasteiger partial charge on any atom is -0.872 e. The Morgan fingerprint density at radius 1 is 0.304 bits per heavy atom. The van der Waals surface area contributed by atoms with E-state index in [2.05, 4.69) is 67.5 Å². The zero-order chi connectivity index (χ0) is 38.6. The largest absolute Gasteiger partial charge is 1.00 e. The van der Waals surface area contributed by atoms with Gasteiger partial charge in [0.2, 0.25) is 0 Å². The molecular weight excluding hydrogens is 719 g/mol. The van der Waals surface area contributed by atoms with Crippen LogP contribution >= 0.6 is 0 Å². The van der Waals surface area contributed by atoms with Crippen LogP contribution in [-0.4, -0.2) is 54.9 Å². The van der Waals surface area contributed by atoms with E-state index in [1.807, 2.05) is 109 Å². The Hall–Kier alpha value is -3.24. The first kappa shape index (κ1) is 50.8. The van der Waals surface area contributed by atoms with Gasteiger partial charge in [0.25, 0.3) is 0 Å². The van der Waals surface area contributed by atoms with Gasteiger partial charge in [0.1, 0.15) is 0 Å². The maximum absolute atomic E-state index is 12.6. The number of hydrogen-bond acceptors (Lipinski definition) is 6. The van der Waals surface area contributed by atoms with Gasteiger partial charge in [-0.15, -0.1) is 11.5 Å². The molecule has 6 rings (SSSR count). The van der Waals surface area contributed by atoms with E-state index in [0.29, 0.717) is 52.1 Å². The van der Waals surface area contributed by atoms with Crippen LogP contribution in [0.15, 0.2) is 158 Å². The van der Waals surface area contributed by atoms with Crippen molar-refractivity contribution < 1.29 is 88.3 Å². The molecule has 284 valence electrons. The maximum Gasteiger partial charge on any atom is 1.00 e.